The monoisotopic (exact) mass is 276 g/mol. The quantitative estimate of drug-likeness (QED) is 0.651. The van der Waals surface area contributed by atoms with Gasteiger partial charge >= 0.3 is 0 Å². The number of pyridine rings is 1. The SMILES string of the molecule is NC(=O)COCCNCc1cc(=O)n2ccccc2n1. The van der Waals surface area contributed by atoms with Gasteiger partial charge in [0.05, 0.1) is 12.3 Å². The number of hydrogen-bond acceptors (Lipinski definition) is 5. The molecule has 0 saturated carbocycles. The first-order valence-corrected chi connectivity index (χ1v) is 6.21. The molecular formula is C13H16N4O3. The van der Waals surface area contributed by atoms with Crippen molar-refractivity contribution >= 4 is 11.6 Å². The fourth-order valence-corrected chi connectivity index (χ4v) is 1.73. The van der Waals surface area contributed by atoms with Gasteiger partial charge in [0.15, 0.2) is 0 Å². The van der Waals surface area contributed by atoms with E-state index in [2.05, 4.69) is 10.3 Å². The number of rotatable bonds is 7. The Bertz CT molecular complexity index is 653. The molecule has 0 radical (unpaired) electrons. The fraction of sp³-hybridized carbons (Fsp3) is 0.308. The van der Waals surface area contributed by atoms with Crippen LogP contribution >= 0.6 is 0 Å². The summed E-state index contributed by atoms with van der Waals surface area (Å²) in [6.07, 6.45) is 1.68. The van der Waals surface area contributed by atoms with Crippen LogP contribution in [0.15, 0.2) is 35.3 Å². The van der Waals surface area contributed by atoms with E-state index in [0.717, 1.165) is 0 Å². The number of fused-ring (bicyclic) bond motifs is 1. The lowest BCUT2D eigenvalue weighted by atomic mass is 10.3. The molecule has 0 bridgehead atoms. The third-order valence-electron chi connectivity index (χ3n) is 2.60. The summed E-state index contributed by atoms with van der Waals surface area (Å²) >= 11 is 0. The first-order valence-electron chi connectivity index (χ1n) is 6.21. The summed E-state index contributed by atoms with van der Waals surface area (Å²) in [7, 11) is 0. The molecule has 0 atom stereocenters. The summed E-state index contributed by atoms with van der Waals surface area (Å²) in [6.45, 7) is 1.29. The highest BCUT2D eigenvalue weighted by molar-refractivity contribution is 5.74. The van der Waals surface area contributed by atoms with Gasteiger partial charge in [-0.05, 0) is 12.1 Å². The van der Waals surface area contributed by atoms with Crippen molar-refractivity contribution in [1.82, 2.24) is 14.7 Å². The number of primary amides is 1. The summed E-state index contributed by atoms with van der Waals surface area (Å²) < 4.78 is 6.49. The molecule has 3 N–H and O–H groups in total. The van der Waals surface area contributed by atoms with Crippen LogP contribution in [-0.4, -0.2) is 35.1 Å². The van der Waals surface area contributed by atoms with Crippen molar-refractivity contribution in [1.29, 1.82) is 0 Å². The van der Waals surface area contributed by atoms with Crippen molar-refractivity contribution in [2.24, 2.45) is 5.73 Å². The third kappa shape index (κ3) is 3.87. The lowest BCUT2D eigenvalue weighted by Crippen LogP contribution is -2.25. The molecule has 20 heavy (non-hydrogen) atoms. The number of amides is 1. The fourth-order valence-electron chi connectivity index (χ4n) is 1.73. The van der Waals surface area contributed by atoms with Crippen LogP contribution in [0.5, 0.6) is 0 Å². The average molecular weight is 276 g/mol. The van der Waals surface area contributed by atoms with Crippen molar-refractivity contribution in [3.63, 3.8) is 0 Å². The summed E-state index contributed by atoms with van der Waals surface area (Å²) in [6, 6.07) is 6.88. The van der Waals surface area contributed by atoms with E-state index in [1.807, 2.05) is 6.07 Å². The predicted octanol–water partition coefficient (Wildman–Crippen LogP) is -0.714. The van der Waals surface area contributed by atoms with Crippen LogP contribution in [0.4, 0.5) is 0 Å². The standard InChI is InChI=1S/C13H16N4O3/c14-11(18)9-20-6-4-15-8-10-7-13(19)17-5-2-1-3-12(17)16-10/h1-3,5,7,15H,4,6,8-9H2,(H2,14,18). The molecule has 0 aliphatic heterocycles. The minimum absolute atomic E-state index is 0.0861. The highest BCUT2D eigenvalue weighted by atomic mass is 16.5. The maximum atomic E-state index is 11.8. The van der Waals surface area contributed by atoms with Crippen LogP contribution in [0.25, 0.3) is 5.65 Å². The van der Waals surface area contributed by atoms with Gasteiger partial charge in [-0.25, -0.2) is 4.98 Å². The second-order valence-electron chi connectivity index (χ2n) is 4.21. The van der Waals surface area contributed by atoms with Gasteiger partial charge < -0.3 is 15.8 Å². The zero-order chi connectivity index (χ0) is 14.4. The molecule has 0 saturated heterocycles. The van der Waals surface area contributed by atoms with Crippen molar-refractivity contribution in [2.75, 3.05) is 19.8 Å². The molecule has 0 aliphatic carbocycles. The maximum Gasteiger partial charge on any atom is 0.258 e. The molecule has 2 aromatic heterocycles. The lowest BCUT2D eigenvalue weighted by Gasteiger charge is -2.06. The Kier molecular flexibility index (Phi) is 4.80. The van der Waals surface area contributed by atoms with E-state index in [0.29, 0.717) is 31.0 Å². The van der Waals surface area contributed by atoms with Gasteiger partial charge in [-0.1, -0.05) is 6.07 Å². The molecule has 2 rings (SSSR count). The zero-order valence-electron chi connectivity index (χ0n) is 10.9. The molecule has 0 fully saturated rings. The average Bonchev–Trinajstić information content (AvgIpc) is 2.42. The second kappa shape index (κ2) is 6.78. The van der Waals surface area contributed by atoms with Crippen LogP contribution in [0, 0.1) is 0 Å². The third-order valence-corrected chi connectivity index (χ3v) is 2.60. The van der Waals surface area contributed by atoms with Crippen LogP contribution in [0.3, 0.4) is 0 Å². The molecular weight excluding hydrogens is 260 g/mol. The number of nitrogens with zero attached hydrogens (tertiary/aromatic N) is 2. The highest BCUT2D eigenvalue weighted by Crippen LogP contribution is 1.98. The normalized spacial score (nSPS) is 10.8. The van der Waals surface area contributed by atoms with Gasteiger partial charge in [-0.2, -0.15) is 0 Å². The topological polar surface area (TPSA) is 98.7 Å². The van der Waals surface area contributed by atoms with Gasteiger partial charge in [0, 0.05) is 25.4 Å². The molecule has 2 aromatic rings. The van der Waals surface area contributed by atoms with E-state index >= 15 is 0 Å². The van der Waals surface area contributed by atoms with Gasteiger partial charge in [0.1, 0.15) is 12.3 Å². The molecule has 2 heterocycles. The first-order chi connectivity index (χ1) is 9.66. The molecule has 7 nitrogen and oxygen atoms in total. The molecule has 0 unspecified atom stereocenters. The van der Waals surface area contributed by atoms with Gasteiger partial charge in [-0.15, -0.1) is 0 Å². The Morgan fingerprint density at radius 2 is 2.30 bits per heavy atom. The van der Waals surface area contributed by atoms with Crippen LogP contribution in [-0.2, 0) is 16.1 Å². The zero-order valence-corrected chi connectivity index (χ0v) is 10.9. The van der Waals surface area contributed by atoms with Gasteiger partial charge in [0.25, 0.3) is 5.56 Å². The Hall–Kier alpha value is -2.25. The minimum Gasteiger partial charge on any atom is -0.370 e. The summed E-state index contributed by atoms with van der Waals surface area (Å²) in [5, 5.41) is 3.08. The molecule has 0 aromatic carbocycles. The van der Waals surface area contributed by atoms with Gasteiger partial charge in [0.2, 0.25) is 5.91 Å². The smallest absolute Gasteiger partial charge is 0.258 e. The van der Waals surface area contributed by atoms with E-state index in [9.17, 15) is 9.59 Å². The molecule has 1 amide bonds. The van der Waals surface area contributed by atoms with Crippen LogP contribution in [0.1, 0.15) is 5.69 Å². The first kappa shape index (κ1) is 14.2. The van der Waals surface area contributed by atoms with Crippen LogP contribution in [0.2, 0.25) is 0 Å². The largest absolute Gasteiger partial charge is 0.370 e. The number of ether oxygens (including phenoxy) is 1. The molecule has 0 aliphatic rings. The number of nitrogens with two attached hydrogens (primary N) is 1. The number of aromatic nitrogens is 2. The van der Waals surface area contributed by atoms with E-state index in [1.54, 1.807) is 18.3 Å². The summed E-state index contributed by atoms with van der Waals surface area (Å²) in [5.41, 5.74) is 6.10. The molecule has 7 heteroatoms. The Balaban J connectivity index is 1.87. The van der Waals surface area contributed by atoms with Crippen LogP contribution < -0.4 is 16.6 Å². The van der Waals surface area contributed by atoms with E-state index in [-0.39, 0.29) is 12.2 Å². The Morgan fingerprint density at radius 3 is 3.10 bits per heavy atom. The highest BCUT2D eigenvalue weighted by Gasteiger charge is 2.01. The van der Waals surface area contributed by atoms with Gasteiger partial charge in [-0.3, -0.25) is 14.0 Å². The van der Waals surface area contributed by atoms with E-state index < -0.39 is 5.91 Å². The van der Waals surface area contributed by atoms with Crippen molar-refractivity contribution < 1.29 is 9.53 Å². The van der Waals surface area contributed by atoms with Crippen molar-refractivity contribution in [2.45, 2.75) is 6.54 Å². The molecule has 0 spiro atoms. The predicted molar refractivity (Wildman–Crippen MR) is 73.2 cm³/mol. The van der Waals surface area contributed by atoms with E-state index in [1.165, 1.54) is 10.5 Å². The number of nitrogens with one attached hydrogen (secondary N) is 1. The summed E-state index contributed by atoms with van der Waals surface area (Å²) in [4.78, 5) is 26.6. The lowest BCUT2D eigenvalue weighted by molar-refractivity contribution is -0.122. The number of carbonyl (C=O) groups excluding carboxylic acids is 1. The Morgan fingerprint density at radius 1 is 1.45 bits per heavy atom. The number of hydrogen-bond donors (Lipinski definition) is 2. The minimum atomic E-state index is -0.491. The second-order valence-corrected chi connectivity index (χ2v) is 4.21. The Labute approximate surface area is 115 Å². The van der Waals surface area contributed by atoms with Crippen molar-refractivity contribution in [3.8, 4) is 0 Å². The maximum absolute atomic E-state index is 11.8. The van der Waals surface area contributed by atoms with E-state index in [4.69, 9.17) is 10.5 Å². The summed E-state index contributed by atoms with van der Waals surface area (Å²) in [5.74, 6) is -0.491. The van der Waals surface area contributed by atoms with Crippen molar-refractivity contribution in [3.05, 3.63) is 46.5 Å². The molecule has 106 valence electrons. The number of carbonyl (C=O) groups is 1.